The molecule has 122 valence electrons. The lowest BCUT2D eigenvalue weighted by Gasteiger charge is -2.19. The van der Waals surface area contributed by atoms with Crippen molar-refractivity contribution in [3.8, 4) is 0 Å². The molecule has 5 heteroatoms. The maximum absolute atomic E-state index is 11.8. The molecule has 2 unspecified atom stereocenters. The smallest absolute Gasteiger partial charge is 0.244 e. The van der Waals surface area contributed by atoms with Gasteiger partial charge in [0.15, 0.2) is 0 Å². The molecular formula is C18H21NO3S. The van der Waals surface area contributed by atoms with Crippen LogP contribution in [0.1, 0.15) is 18.2 Å². The Morgan fingerprint density at radius 2 is 2.09 bits per heavy atom. The summed E-state index contributed by atoms with van der Waals surface area (Å²) in [6.45, 7) is 1.80. The maximum Gasteiger partial charge on any atom is 0.244 e. The fourth-order valence-corrected chi connectivity index (χ4v) is 2.68. The van der Waals surface area contributed by atoms with Gasteiger partial charge in [-0.15, -0.1) is 11.8 Å². The zero-order valence-electron chi connectivity index (χ0n) is 13.0. The lowest BCUT2D eigenvalue weighted by atomic mass is 10.0. The van der Waals surface area contributed by atoms with E-state index >= 15 is 0 Å². The lowest BCUT2D eigenvalue weighted by Crippen LogP contribution is -2.41. The first-order valence-corrected chi connectivity index (χ1v) is 8.53. The first kappa shape index (κ1) is 17.4. The largest absolute Gasteiger partial charge is 0.468 e. The summed E-state index contributed by atoms with van der Waals surface area (Å²) in [6, 6.07) is 13.1. The Morgan fingerprint density at radius 1 is 1.30 bits per heavy atom. The van der Waals surface area contributed by atoms with Gasteiger partial charge in [-0.25, -0.2) is 0 Å². The Kier molecular flexibility index (Phi) is 6.97. The van der Waals surface area contributed by atoms with Crippen LogP contribution in [0.3, 0.4) is 0 Å². The Balaban J connectivity index is 1.71. The van der Waals surface area contributed by atoms with Crippen molar-refractivity contribution in [1.82, 2.24) is 5.32 Å². The molecule has 2 rings (SSSR count). The standard InChI is InChI=1S/C18H21NO3S/c1-14(17(20)12-15-6-3-2-4-7-15)19-18(21)9-11-23-13-16-8-5-10-22-16/h2-11,14,17,20H,12-13H2,1H3,(H,19,21)/b11-9+. The van der Waals surface area contributed by atoms with Crippen LogP contribution in [-0.2, 0) is 17.0 Å². The number of rotatable bonds is 8. The summed E-state index contributed by atoms with van der Waals surface area (Å²) in [6.07, 6.45) is 2.99. The minimum Gasteiger partial charge on any atom is -0.468 e. The van der Waals surface area contributed by atoms with Crippen molar-refractivity contribution in [1.29, 1.82) is 0 Å². The van der Waals surface area contributed by atoms with E-state index in [4.69, 9.17) is 4.42 Å². The summed E-state index contributed by atoms with van der Waals surface area (Å²) in [7, 11) is 0. The summed E-state index contributed by atoms with van der Waals surface area (Å²) in [5.41, 5.74) is 1.05. The summed E-state index contributed by atoms with van der Waals surface area (Å²) in [4.78, 5) is 11.8. The maximum atomic E-state index is 11.8. The monoisotopic (exact) mass is 331 g/mol. The quantitative estimate of drug-likeness (QED) is 0.730. The topological polar surface area (TPSA) is 62.5 Å². The molecule has 1 aromatic carbocycles. The second-order valence-corrected chi connectivity index (χ2v) is 6.14. The number of carbonyl (C=O) groups excluding carboxylic acids is 1. The van der Waals surface area contributed by atoms with Crippen molar-refractivity contribution in [2.24, 2.45) is 0 Å². The molecule has 0 saturated heterocycles. The number of nitrogens with one attached hydrogen (secondary N) is 1. The van der Waals surface area contributed by atoms with Crippen LogP contribution in [0.2, 0.25) is 0 Å². The van der Waals surface area contributed by atoms with Crippen molar-refractivity contribution in [3.05, 3.63) is 71.5 Å². The van der Waals surface area contributed by atoms with Crippen molar-refractivity contribution in [3.63, 3.8) is 0 Å². The molecule has 23 heavy (non-hydrogen) atoms. The molecule has 0 aliphatic heterocycles. The number of thioether (sulfide) groups is 1. The fraction of sp³-hybridized carbons (Fsp3) is 0.278. The fourth-order valence-electron chi connectivity index (χ4n) is 2.04. The number of hydrogen-bond acceptors (Lipinski definition) is 4. The second-order valence-electron chi connectivity index (χ2n) is 5.25. The highest BCUT2D eigenvalue weighted by Crippen LogP contribution is 2.13. The zero-order chi connectivity index (χ0) is 16.5. The van der Waals surface area contributed by atoms with E-state index in [9.17, 15) is 9.90 Å². The molecule has 0 fully saturated rings. The van der Waals surface area contributed by atoms with Gasteiger partial charge in [0.25, 0.3) is 0 Å². The van der Waals surface area contributed by atoms with Gasteiger partial charge >= 0.3 is 0 Å². The van der Waals surface area contributed by atoms with Crippen molar-refractivity contribution >= 4 is 17.7 Å². The molecule has 1 heterocycles. The van der Waals surface area contributed by atoms with Crippen LogP contribution in [-0.4, -0.2) is 23.2 Å². The predicted molar refractivity (Wildman–Crippen MR) is 92.9 cm³/mol. The van der Waals surface area contributed by atoms with E-state index in [1.54, 1.807) is 18.6 Å². The van der Waals surface area contributed by atoms with Crippen LogP contribution in [0.5, 0.6) is 0 Å². The van der Waals surface area contributed by atoms with Crippen LogP contribution < -0.4 is 5.32 Å². The Bertz CT molecular complexity index is 610. The van der Waals surface area contributed by atoms with E-state index in [0.29, 0.717) is 12.2 Å². The number of benzene rings is 1. The number of hydrogen-bond donors (Lipinski definition) is 2. The van der Waals surface area contributed by atoms with Gasteiger partial charge in [0.1, 0.15) is 5.76 Å². The Hall–Kier alpha value is -1.98. The lowest BCUT2D eigenvalue weighted by molar-refractivity contribution is -0.117. The zero-order valence-corrected chi connectivity index (χ0v) is 13.8. The average Bonchev–Trinajstić information content (AvgIpc) is 3.06. The average molecular weight is 331 g/mol. The SMILES string of the molecule is CC(NC(=O)/C=C/SCc1ccco1)C(O)Cc1ccccc1. The van der Waals surface area contributed by atoms with Crippen LogP contribution >= 0.6 is 11.8 Å². The molecule has 1 aromatic heterocycles. The van der Waals surface area contributed by atoms with Gasteiger partial charge in [-0.05, 0) is 30.0 Å². The van der Waals surface area contributed by atoms with Gasteiger partial charge in [-0.2, -0.15) is 0 Å². The minimum atomic E-state index is -0.620. The highest BCUT2D eigenvalue weighted by molar-refractivity contribution is 8.01. The van der Waals surface area contributed by atoms with E-state index in [1.165, 1.54) is 17.8 Å². The van der Waals surface area contributed by atoms with Gasteiger partial charge in [-0.3, -0.25) is 4.79 Å². The first-order chi connectivity index (χ1) is 11.1. The Morgan fingerprint density at radius 3 is 2.78 bits per heavy atom. The molecule has 0 aliphatic carbocycles. The van der Waals surface area contributed by atoms with Gasteiger partial charge in [0.2, 0.25) is 5.91 Å². The van der Waals surface area contributed by atoms with E-state index < -0.39 is 6.10 Å². The molecule has 0 spiro atoms. The molecule has 0 saturated carbocycles. The Labute approximate surface area is 140 Å². The van der Waals surface area contributed by atoms with Crippen molar-refractivity contribution < 1.29 is 14.3 Å². The third-order valence-corrected chi connectivity index (χ3v) is 4.14. The summed E-state index contributed by atoms with van der Waals surface area (Å²) < 4.78 is 5.20. The van der Waals surface area contributed by atoms with E-state index in [-0.39, 0.29) is 11.9 Å². The van der Waals surface area contributed by atoms with E-state index in [0.717, 1.165) is 11.3 Å². The third-order valence-electron chi connectivity index (χ3n) is 3.36. The van der Waals surface area contributed by atoms with Gasteiger partial charge in [-0.1, -0.05) is 30.3 Å². The van der Waals surface area contributed by atoms with Crippen molar-refractivity contribution in [2.45, 2.75) is 31.2 Å². The molecule has 0 aliphatic rings. The second kappa shape index (κ2) is 9.22. The molecule has 2 N–H and O–H groups in total. The summed E-state index contributed by atoms with van der Waals surface area (Å²) in [5, 5.41) is 14.7. The molecule has 2 atom stereocenters. The summed E-state index contributed by atoms with van der Waals surface area (Å²) >= 11 is 1.48. The molecule has 1 amide bonds. The molecule has 4 nitrogen and oxygen atoms in total. The molecule has 0 bridgehead atoms. The first-order valence-electron chi connectivity index (χ1n) is 7.48. The van der Waals surface area contributed by atoms with Crippen LogP contribution in [0.25, 0.3) is 0 Å². The number of aliphatic hydroxyl groups excluding tert-OH is 1. The van der Waals surface area contributed by atoms with Gasteiger partial charge in [0, 0.05) is 12.5 Å². The van der Waals surface area contributed by atoms with E-state index in [2.05, 4.69) is 5.32 Å². The van der Waals surface area contributed by atoms with Gasteiger partial charge in [0.05, 0.1) is 24.2 Å². The van der Waals surface area contributed by atoms with Crippen LogP contribution in [0.4, 0.5) is 0 Å². The van der Waals surface area contributed by atoms with Crippen molar-refractivity contribution in [2.75, 3.05) is 0 Å². The number of aliphatic hydroxyl groups is 1. The normalized spacial score (nSPS) is 13.8. The molecular weight excluding hydrogens is 310 g/mol. The number of amides is 1. The molecule has 2 aromatic rings. The van der Waals surface area contributed by atoms with Gasteiger partial charge < -0.3 is 14.8 Å². The number of carbonyl (C=O) groups is 1. The highest BCUT2D eigenvalue weighted by atomic mass is 32.2. The van der Waals surface area contributed by atoms with Crippen LogP contribution in [0.15, 0.2) is 64.6 Å². The predicted octanol–water partition coefficient (Wildman–Crippen LogP) is 3.13. The molecule has 0 radical (unpaired) electrons. The summed E-state index contributed by atoms with van der Waals surface area (Å²) in [5.74, 6) is 1.34. The minimum absolute atomic E-state index is 0.212. The van der Waals surface area contributed by atoms with E-state index in [1.807, 2.05) is 42.5 Å². The third kappa shape index (κ3) is 6.34. The number of furan rings is 1. The van der Waals surface area contributed by atoms with Crippen LogP contribution in [0, 0.1) is 0 Å². The highest BCUT2D eigenvalue weighted by Gasteiger charge is 2.15.